The van der Waals surface area contributed by atoms with Crippen LogP contribution in [-0.2, 0) is 11.3 Å². The third-order valence-corrected chi connectivity index (χ3v) is 5.12. The van der Waals surface area contributed by atoms with Crippen LogP contribution < -0.4 is 21.9 Å². The Morgan fingerprint density at radius 3 is 2.64 bits per heavy atom. The summed E-state index contributed by atoms with van der Waals surface area (Å²) in [5, 5.41) is 4.17. The van der Waals surface area contributed by atoms with Crippen molar-refractivity contribution in [1.82, 2.24) is 19.3 Å². The number of carbonyl (C=O) groups is 1. The maximum Gasteiger partial charge on any atom is 0.330 e. The molecule has 0 radical (unpaired) electrons. The van der Waals surface area contributed by atoms with Gasteiger partial charge in [-0.25, -0.2) is 13.9 Å². The van der Waals surface area contributed by atoms with Crippen molar-refractivity contribution in [2.45, 2.75) is 27.3 Å². The van der Waals surface area contributed by atoms with Crippen molar-refractivity contribution in [3.8, 4) is 5.69 Å². The lowest BCUT2D eigenvalue weighted by atomic mass is 10.2. The van der Waals surface area contributed by atoms with Crippen LogP contribution >= 0.6 is 0 Å². The average Bonchev–Trinajstić information content (AvgIpc) is 3.14. The molecule has 0 saturated carbocycles. The molecule has 10 nitrogen and oxygen atoms in total. The zero-order chi connectivity index (χ0) is 24.3. The van der Waals surface area contributed by atoms with E-state index in [9.17, 15) is 18.8 Å². The van der Waals surface area contributed by atoms with Crippen LogP contribution in [0.2, 0.25) is 0 Å². The van der Waals surface area contributed by atoms with Gasteiger partial charge in [0.25, 0.3) is 11.5 Å². The molecular weight excluding hydrogens is 431 g/mol. The van der Waals surface area contributed by atoms with Crippen molar-refractivity contribution in [2.75, 3.05) is 30.9 Å². The Balaban J connectivity index is 2.12. The molecule has 0 atom stereocenters. The van der Waals surface area contributed by atoms with Gasteiger partial charge in [-0.2, -0.15) is 5.10 Å². The number of hydrogen-bond donors (Lipinski definition) is 2. The lowest BCUT2D eigenvalue weighted by Crippen LogP contribution is -2.43. The van der Waals surface area contributed by atoms with Gasteiger partial charge < -0.3 is 10.5 Å². The SMILES string of the molecule is COCCN(C(=O)c1cnn(-c2ccccc2F)c1C)c1c(N)n(CC(C)C)c(=O)[nH]c1=O. The fourth-order valence-electron chi connectivity index (χ4n) is 3.51. The first-order valence-electron chi connectivity index (χ1n) is 10.4. The van der Waals surface area contributed by atoms with Gasteiger partial charge in [-0.05, 0) is 25.0 Å². The maximum atomic E-state index is 14.3. The van der Waals surface area contributed by atoms with E-state index in [-0.39, 0.29) is 48.4 Å². The number of aromatic nitrogens is 4. The number of nitrogens with one attached hydrogen (secondary N) is 1. The third kappa shape index (κ3) is 4.72. The molecule has 3 rings (SSSR count). The highest BCUT2D eigenvalue weighted by atomic mass is 19.1. The Morgan fingerprint density at radius 1 is 1.30 bits per heavy atom. The summed E-state index contributed by atoms with van der Waals surface area (Å²) in [6, 6.07) is 6.04. The van der Waals surface area contributed by atoms with E-state index in [1.807, 2.05) is 13.8 Å². The zero-order valence-electron chi connectivity index (χ0n) is 19.0. The minimum atomic E-state index is -0.791. The van der Waals surface area contributed by atoms with Crippen molar-refractivity contribution >= 4 is 17.4 Å². The molecular formula is C22H27FN6O4. The number of aromatic amines is 1. The van der Waals surface area contributed by atoms with E-state index in [2.05, 4.69) is 10.1 Å². The summed E-state index contributed by atoms with van der Waals surface area (Å²) >= 11 is 0. The molecule has 1 amide bonds. The number of amides is 1. The Bertz CT molecular complexity index is 1280. The van der Waals surface area contributed by atoms with Crippen molar-refractivity contribution in [3.63, 3.8) is 0 Å². The summed E-state index contributed by atoms with van der Waals surface area (Å²) in [5.41, 5.74) is 5.31. The van der Waals surface area contributed by atoms with E-state index in [1.165, 1.54) is 34.7 Å². The Morgan fingerprint density at radius 2 is 2.00 bits per heavy atom. The zero-order valence-corrected chi connectivity index (χ0v) is 19.0. The molecule has 3 aromatic rings. The number of nitrogen functional groups attached to an aromatic ring is 1. The minimum Gasteiger partial charge on any atom is -0.383 e. The van der Waals surface area contributed by atoms with Gasteiger partial charge in [-0.15, -0.1) is 0 Å². The topological polar surface area (TPSA) is 128 Å². The second-order valence-electron chi connectivity index (χ2n) is 7.95. The van der Waals surface area contributed by atoms with Gasteiger partial charge in [0.1, 0.15) is 17.3 Å². The Labute approximate surface area is 189 Å². The van der Waals surface area contributed by atoms with E-state index in [1.54, 1.807) is 19.1 Å². The largest absolute Gasteiger partial charge is 0.383 e. The summed E-state index contributed by atoms with van der Waals surface area (Å²) < 4.78 is 21.9. The third-order valence-electron chi connectivity index (χ3n) is 5.12. The van der Waals surface area contributed by atoms with Crippen LogP contribution in [0.1, 0.15) is 29.9 Å². The first-order valence-corrected chi connectivity index (χ1v) is 10.4. The molecule has 3 N–H and O–H groups in total. The predicted octanol–water partition coefficient (Wildman–Crippen LogP) is 1.70. The fraction of sp³-hybridized carbons (Fsp3) is 0.364. The molecule has 0 aliphatic carbocycles. The number of rotatable bonds is 8. The molecule has 0 saturated heterocycles. The molecule has 0 spiro atoms. The second-order valence-corrected chi connectivity index (χ2v) is 7.95. The molecule has 33 heavy (non-hydrogen) atoms. The van der Waals surface area contributed by atoms with Gasteiger partial charge in [0.05, 0.1) is 24.1 Å². The maximum absolute atomic E-state index is 14.3. The molecule has 176 valence electrons. The van der Waals surface area contributed by atoms with Crippen molar-refractivity contribution in [2.24, 2.45) is 5.92 Å². The minimum absolute atomic E-state index is 0.00713. The lowest BCUT2D eigenvalue weighted by Gasteiger charge is -2.24. The van der Waals surface area contributed by atoms with Crippen LogP contribution in [0, 0.1) is 18.7 Å². The highest BCUT2D eigenvalue weighted by Gasteiger charge is 2.28. The molecule has 11 heteroatoms. The summed E-state index contributed by atoms with van der Waals surface area (Å²) in [5.74, 6) is -1.14. The van der Waals surface area contributed by atoms with Gasteiger partial charge in [0.2, 0.25) is 0 Å². The molecule has 0 aliphatic heterocycles. The quantitative estimate of drug-likeness (QED) is 0.529. The smallest absolute Gasteiger partial charge is 0.330 e. The van der Waals surface area contributed by atoms with E-state index in [0.717, 1.165) is 4.90 Å². The van der Waals surface area contributed by atoms with Gasteiger partial charge in [0, 0.05) is 20.2 Å². The van der Waals surface area contributed by atoms with E-state index < -0.39 is 23.0 Å². The number of H-pyrrole nitrogens is 1. The van der Waals surface area contributed by atoms with E-state index in [4.69, 9.17) is 10.5 Å². The van der Waals surface area contributed by atoms with Crippen molar-refractivity contribution in [1.29, 1.82) is 0 Å². The first kappa shape index (κ1) is 23.9. The Kier molecular flexibility index (Phi) is 7.12. The second kappa shape index (κ2) is 9.82. The standard InChI is InChI=1S/C22H27FN6O4/c1-13(2)12-28-19(24)18(20(30)26-22(28)32)27(9-10-33-4)21(31)15-11-25-29(14(15)3)17-8-6-5-7-16(17)23/h5-8,11,13H,9-10,12,24H2,1-4H3,(H,26,30,32). The molecule has 0 unspecified atom stereocenters. The number of benzene rings is 1. The van der Waals surface area contributed by atoms with Crippen LogP contribution in [-0.4, -0.2) is 45.5 Å². The van der Waals surface area contributed by atoms with Crippen LogP contribution in [0.3, 0.4) is 0 Å². The van der Waals surface area contributed by atoms with E-state index in [0.29, 0.717) is 5.69 Å². The molecule has 0 bridgehead atoms. The summed E-state index contributed by atoms with van der Waals surface area (Å²) in [7, 11) is 1.46. The van der Waals surface area contributed by atoms with Gasteiger partial charge in [0.15, 0.2) is 5.69 Å². The Hall–Kier alpha value is -3.73. The van der Waals surface area contributed by atoms with Crippen molar-refractivity contribution < 1.29 is 13.9 Å². The van der Waals surface area contributed by atoms with Crippen LogP contribution in [0.4, 0.5) is 15.9 Å². The predicted molar refractivity (Wildman–Crippen MR) is 122 cm³/mol. The van der Waals surface area contributed by atoms with Gasteiger partial charge >= 0.3 is 5.69 Å². The van der Waals surface area contributed by atoms with Crippen LogP contribution in [0.15, 0.2) is 40.1 Å². The highest BCUT2D eigenvalue weighted by Crippen LogP contribution is 2.23. The number of nitrogens with zero attached hydrogens (tertiary/aromatic N) is 4. The number of anilines is 2. The molecule has 2 heterocycles. The van der Waals surface area contributed by atoms with Gasteiger partial charge in [-0.1, -0.05) is 26.0 Å². The first-order chi connectivity index (χ1) is 15.7. The highest BCUT2D eigenvalue weighted by molar-refractivity contribution is 6.07. The van der Waals surface area contributed by atoms with Crippen LogP contribution in [0.25, 0.3) is 5.69 Å². The van der Waals surface area contributed by atoms with Crippen molar-refractivity contribution in [3.05, 3.63) is 68.4 Å². The molecule has 1 aromatic carbocycles. The van der Waals surface area contributed by atoms with Gasteiger partial charge in [-0.3, -0.25) is 24.0 Å². The summed E-state index contributed by atoms with van der Waals surface area (Å²) in [4.78, 5) is 42.0. The lowest BCUT2D eigenvalue weighted by molar-refractivity contribution is 0.0975. The molecule has 0 fully saturated rings. The number of halogens is 1. The monoisotopic (exact) mass is 458 g/mol. The number of ether oxygens (including phenoxy) is 1. The molecule has 0 aliphatic rings. The number of methoxy groups -OCH3 is 1. The number of hydrogen-bond acceptors (Lipinski definition) is 6. The van der Waals surface area contributed by atoms with Crippen LogP contribution in [0.5, 0.6) is 0 Å². The number of nitrogens with two attached hydrogens (primary N) is 1. The summed E-state index contributed by atoms with van der Waals surface area (Å²) in [6.45, 7) is 5.76. The number of para-hydroxylation sites is 1. The normalized spacial score (nSPS) is 11.2. The molecule has 2 aromatic heterocycles. The average molecular weight is 458 g/mol. The summed E-state index contributed by atoms with van der Waals surface area (Å²) in [6.07, 6.45) is 1.30. The fourth-order valence-corrected chi connectivity index (χ4v) is 3.51. The number of carbonyl (C=O) groups excluding carboxylic acids is 1. The van der Waals surface area contributed by atoms with E-state index >= 15 is 0 Å².